The Morgan fingerprint density at radius 1 is 1.12 bits per heavy atom. The summed E-state index contributed by atoms with van der Waals surface area (Å²) in [5.41, 5.74) is 3.82. The largest absolute Gasteiger partial charge is 0.490 e. The third kappa shape index (κ3) is 5.49. The number of rotatable bonds is 1. The van der Waals surface area contributed by atoms with E-state index in [9.17, 15) is 14.1 Å². The third-order valence-corrected chi connectivity index (χ3v) is 11.6. The fraction of sp³-hybridized carbons (Fsp3) is 0.562. The van der Waals surface area contributed by atoms with E-state index >= 15 is 0 Å². The Kier molecular flexibility index (Phi) is 7.83. The lowest BCUT2D eigenvalue weighted by Gasteiger charge is -2.46. The molecule has 2 bridgehead atoms. The van der Waals surface area contributed by atoms with Crippen molar-refractivity contribution in [3.63, 3.8) is 0 Å². The number of aliphatic hydroxyl groups excluding tert-OH is 1. The van der Waals surface area contributed by atoms with Gasteiger partial charge in [0.25, 0.3) is 5.91 Å². The Morgan fingerprint density at radius 3 is 2.80 bits per heavy atom. The lowest BCUT2D eigenvalue weighted by Crippen LogP contribution is -2.49. The number of anilines is 1. The number of hydrogen-bond acceptors (Lipinski definition) is 5. The van der Waals surface area contributed by atoms with Crippen molar-refractivity contribution < 1.29 is 18.8 Å². The van der Waals surface area contributed by atoms with Gasteiger partial charge in [0.15, 0.2) is 0 Å². The van der Waals surface area contributed by atoms with E-state index in [1.807, 2.05) is 18.2 Å². The van der Waals surface area contributed by atoms with Gasteiger partial charge in [0.1, 0.15) is 5.75 Å². The molecule has 216 valence electrons. The Morgan fingerprint density at radius 2 is 2.00 bits per heavy atom. The van der Waals surface area contributed by atoms with Crippen molar-refractivity contribution in [2.45, 2.75) is 63.2 Å². The molecule has 40 heavy (non-hydrogen) atoms. The lowest BCUT2D eigenvalue weighted by molar-refractivity contribution is 0.0575. The lowest BCUT2D eigenvalue weighted by atomic mass is 9.65. The normalized spacial score (nSPS) is 32.6. The second-order valence-corrected chi connectivity index (χ2v) is 15.2. The minimum atomic E-state index is -2.74. The van der Waals surface area contributed by atoms with Crippen LogP contribution in [-0.2, 0) is 21.5 Å². The number of aliphatic hydroxyl groups is 1. The van der Waals surface area contributed by atoms with Crippen LogP contribution >= 0.6 is 11.6 Å². The van der Waals surface area contributed by atoms with Gasteiger partial charge in [-0.3, -0.25) is 9.52 Å². The number of nitrogens with zero attached hydrogens (tertiary/aromatic N) is 1. The predicted octanol–water partition coefficient (Wildman–Crippen LogP) is 5.38. The molecule has 2 heterocycles. The van der Waals surface area contributed by atoms with Gasteiger partial charge in [0.2, 0.25) is 0 Å². The number of amides is 1. The molecule has 0 saturated heterocycles. The van der Waals surface area contributed by atoms with Crippen molar-refractivity contribution in [1.82, 2.24) is 4.72 Å². The first kappa shape index (κ1) is 27.9. The van der Waals surface area contributed by atoms with E-state index in [2.05, 4.69) is 27.6 Å². The van der Waals surface area contributed by atoms with Crippen LogP contribution in [0.4, 0.5) is 5.69 Å². The highest BCUT2D eigenvalue weighted by Crippen LogP contribution is 2.47. The Bertz CT molecular complexity index is 1380. The second kappa shape index (κ2) is 11.2. The summed E-state index contributed by atoms with van der Waals surface area (Å²) in [6.45, 7) is 2.43. The monoisotopic (exact) mass is 584 g/mol. The maximum Gasteiger partial charge on any atom is 0.262 e. The molecule has 2 N–H and O–H groups in total. The van der Waals surface area contributed by atoms with E-state index in [0.717, 1.165) is 87.3 Å². The standard InChI is InChI=1S/C32H41ClN2O4S/c1-40(38)15-4-2-3-6-25(19-36)27-11-8-24(27)18-35-20-32(14-5-7-22-16-26(33)10-12-28(22)32)21-39-30-13-9-23(17-29(30)35)31(37)34-40/h9-10,12-13,16-17,24-25,27,36H,1-8,11,14-15,18-21H2,(H,34,37,38)/t24-,25+,27+,32-,40?/m0/s1. The van der Waals surface area contributed by atoms with E-state index in [0.29, 0.717) is 29.8 Å². The number of aryl methyl sites for hydroxylation is 1. The number of carbonyl (C=O) groups is 1. The molecule has 8 heteroatoms. The predicted molar refractivity (Wildman–Crippen MR) is 163 cm³/mol. The molecule has 2 aromatic rings. The smallest absolute Gasteiger partial charge is 0.262 e. The van der Waals surface area contributed by atoms with Crippen molar-refractivity contribution in [2.24, 2.45) is 17.8 Å². The van der Waals surface area contributed by atoms with Gasteiger partial charge in [-0.2, -0.15) is 0 Å². The molecule has 1 saturated carbocycles. The molecular formula is C32H41ClN2O4S. The first-order valence-corrected chi connectivity index (χ1v) is 17.1. The van der Waals surface area contributed by atoms with Gasteiger partial charge >= 0.3 is 0 Å². The van der Waals surface area contributed by atoms with Gasteiger partial charge in [0.05, 0.1) is 12.3 Å². The minimum Gasteiger partial charge on any atom is -0.490 e. The molecule has 0 radical (unpaired) electrons. The number of benzene rings is 2. The zero-order valence-electron chi connectivity index (χ0n) is 23.2. The number of nitrogens with one attached hydrogen (secondary N) is 1. The number of fused-ring (bicyclic) bond motifs is 4. The first-order chi connectivity index (χ1) is 19.3. The highest BCUT2D eigenvalue weighted by molar-refractivity contribution is 7.99. The van der Waals surface area contributed by atoms with Crippen LogP contribution in [0.5, 0.6) is 5.75 Å². The molecule has 5 atom stereocenters. The zero-order chi connectivity index (χ0) is 27.9. The van der Waals surface area contributed by atoms with Crippen LogP contribution in [-0.4, -0.2) is 53.1 Å². The van der Waals surface area contributed by atoms with Crippen LogP contribution in [0.1, 0.15) is 72.9 Å². The highest BCUT2D eigenvalue weighted by atomic mass is 35.5. The van der Waals surface area contributed by atoms with Gasteiger partial charge in [-0.15, -0.1) is 0 Å². The average molecular weight is 585 g/mol. The van der Waals surface area contributed by atoms with Crippen LogP contribution < -0.4 is 14.4 Å². The maximum absolute atomic E-state index is 13.3. The summed E-state index contributed by atoms with van der Waals surface area (Å²) in [6.07, 6.45) is 9.04. The summed E-state index contributed by atoms with van der Waals surface area (Å²) < 4.78 is 22.4. The van der Waals surface area contributed by atoms with E-state index in [1.165, 1.54) is 11.1 Å². The fourth-order valence-electron chi connectivity index (χ4n) is 7.62. The number of halogens is 1. The Hall–Kier alpha value is -2.22. The molecular weight excluding hydrogens is 544 g/mol. The van der Waals surface area contributed by atoms with Crippen molar-refractivity contribution in [3.8, 4) is 5.75 Å². The number of carbonyl (C=O) groups excluding carboxylic acids is 1. The molecule has 6 nitrogen and oxygen atoms in total. The molecule has 4 aliphatic rings. The van der Waals surface area contributed by atoms with Gasteiger partial charge in [-0.25, -0.2) is 4.21 Å². The van der Waals surface area contributed by atoms with Gasteiger partial charge in [-0.1, -0.05) is 30.5 Å². The van der Waals surface area contributed by atoms with E-state index < -0.39 is 9.71 Å². The molecule has 2 aromatic carbocycles. The van der Waals surface area contributed by atoms with Crippen molar-refractivity contribution in [3.05, 3.63) is 58.1 Å². The van der Waals surface area contributed by atoms with Gasteiger partial charge < -0.3 is 14.7 Å². The molecule has 1 amide bonds. The van der Waals surface area contributed by atoms with Crippen LogP contribution in [0.25, 0.3) is 0 Å². The van der Waals surface area contributed by atoms with Crippen LogP contribution in [0.3, 0.4) is 0 Å². The van der Waals surface area contributed by atoms with Crippen LogP contribution in [0.2, 0.25) is 5.02 Å². The molecule has 1 spiro atoms. The molecule has 1 fully saturated rings. The average Bonchev–Trinajstić information content (AvgIpc) is 3.06. The SMILES string of the molecule is C=S1(=O)CCCCC[C@H](CO)[C@@H]2CC[C@H]2CN2C[C@@]3(CCCc4cc(Cl)ccc43)COc3ccc(cc32)C(=O)N1. The number of hydrogen-bond donors (Lipinski definition) is 2. The molecule has 1 unspecified atom stereocenters. The Balaban J connectivity index is 1.41. The van der Waals surface area contributed by atoms with E-state index in [-0.39, 0.29) is 23.8 Å². The van der Waals surface area contributed by atoms with Crippen LogP contribution in [0.15, 0.2) is 36.4 Å². The summed E-state index contributed by atoms with van der Waals surface area (Å²) in [4.78, 5) is 15.7. The summed E-state index contributed by atoms with van der Waals surface area (Å²) in [6, 6.07) is 11.9. The molecule has 2 aliphatic carbocycles. The van der Waals surface area contributed by atoms with Crippen molar-refractivity contribution in [2.75, 3.05) is 37.0 Å². The van der Waals surface area contributed by atoms with E-state index in [4.69, 9.17) is 16.3 Å². The van der Waals surface area contributed by atoms with Crippen molar-refractivity contribution in [1.29, 1.82) is 0 Å². The summed E-state index contributed by atoms with van der Waals surface area (Å²) in [7, 11) is -2.74. The fourth-order valence-corrected chi connectivity index (χ4v) is 9.04. The van der Waals surface area contributed by atoms with Crippen LogP contribution in [0, 0.1) is 17.8 Å². The quantitative estimate of drug-likeness (QED) is 0.440. The van der Waals surface area contributed by atoms with Gasteiger partial charge in [0, 0.05) is 51.2 Å². The number of ether oxygens (including phenoxy) is 1. The zero-order valence-corrected chi connectivity index (χ0v) is 24.8. The first-order valence-electron chi connectivity index (χ1n) is 14.9. The molecule has 0 aromatic heterocycles. The second-order valence-electron chi connectivity index (χ2n) is 12.5. The van der Waals surface area contributed by atoms with E-state index in [1.54, 1.807) is 6.07 Å². The third-order valence-electron chi connectivity index (χ3n) is 9.90. The summed E-state index contributed by atoms with van der Waals surface area (Å²) >= 11 is 6.40. The maximum atomic E-state index is 13.3. The summed E-state index contributed by atoms with van der Waals surface area (Å²) in [5, 5.41) is 11.1. The van der Waals surface area contributed by atoms with Gasteiger partial charge in [-0.05, 0) is 110 Å². The topological polar surface area (TPSA) is 78.9 Å². The molecule has 2 aliphatic heterocycles. The molecule has 6 rings (SSSR count). The minimum absolute atomic E-state index is 0.183. The summed E-state index contributed by atoms with van der Waals surface area (Å²) in [5.74, 6) is 5.90. The highest BCUT2D eigenvalue weighted by Gasteiger charge is 2.44. The van der Waals surface area contributed by atoms with Crippen molar-refractivity contribution >= 4 is 38.8 Å². The Labute approximate surface area is 243 Å².